The van der Waals surface area contributed by atoms with Gasteiger partial charge < -0.3 is 42.6 Å². The topological polar surface area (TPSA) is 226 Å². The van der Waals surface area contributed by atoms with Crippen molar-refractivity contribution in [2.45, 2.75) is 50.2 Å². The number of nitrogens with one attached hydrogen (secondary N) is 4. The van der Waals surface area contributed by atoms with E-state index in [1.165, 1.54) is 24.7 Å². The number of nitrogens with zero attached hydrogens (tertiary/aromatic N) is 1. The number of phenolic OH excluding ortho intramolecular Hbond substituents is 1. The molecule has 36 heavy (non-hydrogen) atoms. The highest BCUT2D eigenvalue weighted by Gasteiger charge is 2.27. The molecule has 2 aromatic rings. The van der Waals surface area contributed by atoms with Crippen molar-refractivity contribution in [1.82, 2.24) is 25.9 Å². The lowest BCUT2D eigenvalue weighted by atomic mass is 10.1. The van der Waals surface area contributed by atoms with E-state index in [4.69, 9.17) is 11.5 Å². The molecule has 0 fully saturated rings. The first kappa shape index (κ1) is 28.3. The molecule has 3 unspecified atom stereocenters. The van der Waals surface area contributed by atoms with Crippen LogP contribution >= 0.6 is 0 Å². The van der Waals surface area contributed by atoms with Gasteiger partial charge in [0.2, 0.25) is 17.7 Å². The van der Waals surface area contributed by atoms with E-state index in [1.807, 2.05) is 0 Å². The standard InChI is InChI=1S/C23H33N7O6/c24-8-2-1-3-18(22(34)30-19(23(35)36)10-15-11-26-13-28-15)29-20(32)12-27-21(33)17(25)9-14-4-6-16(31)7-5-14/h4-7,11,13,17-19,31H,1-3,8-10,12,24-25H2,(H,26,28)(H,27,33)(H,29,32)(H,30,34)(H,35,36). The minimum absolute atomic E-state index is 0.0144. The average Bonchev–Trinajstić information content (AvgIpc) is 3.36. The predicted molar refractivity (Wildman–Crippen MR) is 129 cm³/mol. The number of imidazole rings is 1. The number of carboxylic acids is 1. The maximum absolute atomic E-state index is 12.8. The van der Waals surface area contributed by atoms with Crippen molar-refractivity contribution in [2.24, 2.45) is 11.5 Å². The summed E-state index contributed by atoms with van der Waals surface area (Å²) in [5, 5.41) is 26.2. The fraction of sp³-hybridized carbons (Fsp3) is 0.435. The van der Waals surface area contributed by atoms with Gasteiger partial charge in [0, 0.05) is 18.3 Å². The van der Waals surface area contributed by atoms with Gasteiger partial charge in [0.1, 0.15) is 17.8 Å². The molecule has 13 nitrogen and oxygen atoms in total. The number of benzene rings is 1. The van der Waals surface area contributed by atoms with Crippen LogP contribution in [-0.2, 0) is 32.0 Å². The van der Waals surface area contributed by atoms with Crippen LogP contribution in [0.4, 0.5) is 0 Å². The molecule has 0 spiro atoms. The molecule has 2 rings (SSSR count). The zero-order valence-electron chi connectivity index (χ0n) is 19.8. The third kappa shape index (κ3) is 9.72. The number of aromatic nitrogens is 2. The minimum Gasteiger partial charge on any atom is -0.508 e. The van der Waals surface area contributed by atoms with Crippen LogP contribution in [0, 0.1) is 0 Å². The quantitative estimate of drug-likeness (QED) is 0.132. The summed E-state index contributed by atoms with van der Waals surface area (Å²) in [5.41, 5.74) is 12.7. The van der Waals surface area contributed by atoms with Crippen LogP contribution < -0.4 is 27.4 Å². The van der Waals surface area contributed by atoms with Crippen molar-refractivity contribution >= 4 is 23.7 Å². The number of nitrogens with two attached hydrogens (primary N) is 2. The molecule has 13 heteroatoms. The molecule has 1 heterocycles. The number of rotatable bonds is 15. The van der Waals surface area contributed by atoms with Crippen LogP contribution in [0.1, 0.15) is 30.5 Å². The third-order valence-electron chi connectivity index (χ3n) is 5.34. The van der Waals surface area contributed by atoms with Crippen LogP contribution in [0.5, 0.6) is 5.75 Å². The number of phenols is 1. The highest BCUT2D eigenvalue weighted by molar-refractivity contribution is 5.92. The first-order valence-corrected chi connectivity index (χ1v) is 11.5. The van der Waals surface area contributed by atoms with E-state index in [-0.39, 0.29) is 25.0 Å². The minimum atomic E-state index is -1.24. The fourth-order valence-electron chi connectivity index (χ4n) is 3.37. The zero-order chi connectivity index (χ0) is 26.5. The van der Waals surface area contributed by atoms with Crippen LogP contribution in [0.2, 0.25) is 0 Å². The van der Waals surface area contributed by atoms with Crippen molar-refractivity contribution in [1.29, 1.82) is 0 Å². The fourth-order valence-corrected chi connectivity index (χ4v) is 3.37. The van der Waals surface area contributed by atoms with Gasteiger partial charge in [-0.3, -0.25) is 14.4 Å². The van der Waals surface area contributed by atoms with E-state index in [2.05, 4.69) is 25.9 Å². The number of carbonyl (C=O) groups excluding carboxylic acids is 3. The molecule has 0 saturated carbocycles. The van der Waals surface area contributed by atoms with Gasteiger partial charge in [0.15, 0.2) is 0 Å². The molecule has 0 radical (unpaired) electrons. The summed E-state index contributed by atoms with van der Waals surface area (Å²) < 4.78 is 0. The molecule has 0 aliphatic heterocycles. The van der Waals surface area contributed by atoms with Crippen LogP contribution in [0.3, 0.4) is 0 Å². The molecule has 3 atom stereocenters. The zero-order valence-corrected chi connectivity index (χ0v) is 19.8. The second-order valence-electron chi connectivity index (χ2n) is 8.28. The summed E-state index contributed by atoms with van der Waals surface area (Å²) in [5.74, 6) is -3.00. The van der Waals surface area contributed by atoms with Crippen molar-refractivity contribution in [3.63, 3.8) is 0 Å². The third-order valence-corrected chi connectivity index (χ3v) is 5.34. The number of hydrogen-bond acceptors (Lipinski definition) is 8. The molecule has 0 aliphatic carbocycles. The molecule has 1 aromatic carbocycles. The van der Waals surface area contributed by atoms with Gasteiger partial charge in [-0.25, -0.2) is 9.78 Å². The number of carbonyl (C=O) groups is 4. The molecule has 0 bridgehead atoms. The highest BCUT2D eigenvalue weighted by atomic mass is 16.4. The smallest absolute Gasteiger partial charge is 0.326 e. The van der Waals surface area contributed by atoms with Gasteiger partial charge >= 0.3 is 5.97 Å². The Balaban J connectivity index is 1.91. The molecule has 10 N–H and O–H groups in total. The molecule has 0 saturated heterocycles. The van der Waals surface area contributed by atoms with Gasteiger partial charge in [-0.15, -0.1) is 0 Å². The summed E-state index contributed by atoms with van der Waals surface area (Å²) in [6, 6.07) is 3.05. The van der Waals surface area contributed by atoms with E-state index >= 15 is 0 Å². The average molecular weight is 504 g/mol. The van der Waals surface area contributed by atoms with Crippen molar-refractivity contribution < 1.29 is 29.4 Å². The van der Waals surface area contributed by atoms with Crippen LogP contribution in [0.25, 0.3) is 0 Å². The van der Waals surface area contributed by atoms with E-state index < -0.39 is 48.4 Å². The SMILES string of the molecule is NCCCCC(NC(=O)CNC(=O)C(N)Cc1ccc(O)cc1)C(=O)NC(Cc1cnc[nH]1)C(=O)O. The molecular formula is C23H33N7O6. The lowest BCUT2D eigenvalue weighted by Gasteiger charge is -2.21. The Hall–Kier alpha value is -3.97. The number of aliphatic carboxylic acids is 1. The Morgan fingerprint density at radius 2 is 1.72 bits per heavy atom. The van der Waals surface area contributed by atoms with Crippen LogP contribution in [-0.4, -0.2) is 75.1 Å². The second-order valence-corrected chi connectivity index (χ2v) is 8.28. The van der Waals surface area contributed by atoms with Crippen molar-refractivity contribution in [3.8, 4) is 5.75 Å². The van der Waals surface area contributed by atoms with Crippen LogP contribution in [0.15, 0.2) is 36.8 Å². The molecule has 0 aliphatic rings. The number of unbranched alkanes of at least 4 members (excludes halogenated alkanes) is 1. The molecule has 196 valence electrons. The van der Waals surface area contributed by atoms with E-state index in [9.17, 15) is 29.4 Å². The number of amides is 3. The first-order valence-electron chi connectivity index (χ1n) is 11.5. The Kier molecular flexibility index (Phi) is 11.3. The summed E-state index contributed by atoms with van der Waals surface area (Å²) in [6.45, 7) is -0.0197. The van der Waals surface area contributed by atoms with Gasteiger partial charge in [-0.2, -0.15) is 0 Å². The van der Waals surface area contributed by atoms with Gasteiger partial charge in [0.05, 0.1) is 18.9 Å². The highest BCUT2D eigenvalue weighted by Crippen LogP contribution is 2.11. The van der Waals surface area contributed by atoms with Gasteiger partial charge in [-0.1, -0.05) is 12.1 Å². The van der Waals surface area contributed by atoms with Gasteiger partial charge in [0.25, 0.3) is 0 Å². The lowest BCUT2D eigenvalue weighted by molar-refractivity contribution is -0.142. The summed E-state index contributed by atoms with van der Waals surface area (Å²) >= 11 is 0. The maximum Gasteiger partial charge on any atom is 0.326 e. The van der Waals surface area contributed by atoms with E-state index in [0.29, 0.717) is 25.1 Å². The Morgan fingerprint density at radius 3 is 2.33 bits per heavy atom. The second kappa shape index (κ2) is 14.4. The summed E-state index contributed by atoms with van der Waals surface area (Å²) in [4.78, 5) is 55.8. The predicted octanol–water partition coefficient (Wildman–Crippen LogP) is -1.47. The lowest BCUT2D eigenvalue weighted by Crippen LogP contribution is -2.54. The molecule has 3 amide bonds. The Labute approximate surface area is 208 Å². The molecule has 1 aromatic heterocycles. The maximum atomic E-state index is 12.8. The normalized spacial score (nSPS) is 13.3. The van der Waals surface area contributed by atoms with E-state index in [1.54, 1.807) is 12.1 Å². The monoisotopic (exact) mass is 503 g/mol. The van der Waals surface area contributed by atoms with Gasteiger partial charge in [-0.05, 0) is 49.9 Å². The Morgan fingerprint density at radius 1 is 1.00 bits per heavy atom. The summed E-state index contributed by atoms with van der Waals surface area (Å²) in [6.07, 6.45) is 4.41. The number of H-pyrrole nitrogens is 1. The first-order chi connectivity index (χ1) is 17.2. The number of aromatic hydroxyl groups is 1. The van der Waals surface area contributed by atoms with E-state index in [0.717, 1.165) is 5.56 Å². The van der Waals surface area contributed by atoms with Crippen molar-refractivity contribution in [3.05, 3.63) is 48.0 Å². The van der Waals surface area contributed by atoms with Crippen molar-refractivity contribution in [2.75, 3.05) is 13.1 Å². The number of aromatic amines is 1. The Bertz CT molecular complexity index is 997. The number of carboxylic acid groups (broad SMARTS) is 1. The molecular weight excluding hydrogens is 470 g/mol. The largest absolute Gasteiger partial charge is 0.508 e. The number of hydrogen-bond donors (Lipinski definition) is 8. The summed E-state index contributed by atoms with van der Waals surface area (Å²) in [7, 11) is 0.